The molecule has 1 saturated heterocycles. The highest BCUT2D eigenvalue weighted by atomic mass is 16.3. The third-order valence-electron chi connectivity index (χ3n) is 3.56. The van der Waals surface area contributed by atoms with Crippen LogP contribution in [0.5, 0.6) is 0 Å². The Labute approximate surface area is 103 Å². The Balaban J connectivity index is 2.12. The number of nitrogens with zero attached hydrogens (tertiary/aromatic N) is 2. The van der Waals surface area contributed by atoms with Gasteiger partial charge < -0.3 is 10.4 Å². The number of rotatable bonds is 3. The van der Waals surface area contributed by atoms with E-state index in [4.69, 9.17) is 0 Å². The van der Waals surface area contributed by atoms with Gasteiger partial charge in [0.15, 0.2) is 0 Å². The average Bonchev–Trinajstić information content (AvgIpc) is 2.49. The molecule has 1 aliphatic heterocycles. The van der Waals surface area contributed by atoms with Gasteiger partial charge in [0, 0.05) is 18.7 Å². The quantitative estimate of drug-likeness (QED) is 0.832. The molecule has 4 nitrogen and oxygen atoms in total. The van der Waals surface area contributed by atoms with Crippen LogP contribution in [0.2, 0.25) is 0 Å². The average molecular weight is 237 g/mol. The van der Waals surface area contributed by atoms with E-state index in [9.17, 15) is 5.11 Å². The number of nitrogens with one attached hydrogen (secondary N) is 1. The lowest BCUT2D eigenvalue weighted by Crippen LogP contribution is -2.33. The standard InChI is InChI=1S/C13H23N3O/c1-3-16-12(9-11(2)15-16)10-13(17)5-4-7-14-8-6-13/h9,14,17H,3-8,10H2,1-2H3. The van der Waals surface area contributed by atoms with Gasteiger partial charge in [0.05, 0.1) is 11.3 Å². The zero-order valence-electron chi connectivity index (χ0n) is 10.9. The Hall–Kier alpha value is -0.870. The Morgan fingerprint density at radius 2 is 2.29 bits per heavy atom. The zero-order chi connectivity index (χ0) is 12.3. The van der Waals surface area contributed by atoms with Crippen LogP contribution in [0.3, 0.4) is 0 Å². The van der Waals surface area contributed by atoms with Crippen LogP contribution in [0.15, 0.2) is 6.07 Å². The Morgan fingerprint density at radius 1 is 1.47 bits per heavy atom. The number of aromatic nitrogens is 2. The van der Waals surface area contributed by atoms with Gasteiger partial charge in [-0.15, -0.1) is 0 Å². The van der Waals surface area contributed by atoms with Gasteiger partial charge in [-0.25, -0.2) is 0 Å². The van der Waals surface area contributed by atoms with Crippen molar-refractivity contribution in [2.75, 3.05) is 13.1 Å². The van der Waals surface area contributed by atoms with E-state index >= 15 is 0 Å². The van der Waals surface area contributed by atoms with E-state index in [0.29, 0.717) is 0 Å². The summed E-state index contributed by atoms with van der Waals surface area (Å²) in [5.41, 5.74) is 1.65. The summed E-state index contributed by atoms with van der Waals surface area (Å²) in [6, 6.07) is 2.10. The monoisotopic (exact) mass is 237 g/mol. The summed E-state index contributed by atoms with van der Waals surface area (Å²) in [4.78, 5) is 0. The lowest BCUT2D eigenvalue weighted by Gasteiger charge is -2.26. The summed E-state index contributed by atoms with van der Waals surface area (Å²) in [5, 5.41) is 18.4. The molecule has 0 bridgehead atoms. The molecule has 2 rings (SSSR count). The molecule has 1 unspecified atom stereocenters. The molecular weight excluding hydrogens is 214 g/mol. The van der Waals surface area contributed by atoms with Crippen LogP contribution in [0.1, 0.15) is 37.6 Å². The number of hydrogen-bond acceptors (Lipinski definition) is 3. The van der Waals surface area contributed by atoms with E-state index in [2.05, 4.69) is 23.4 Å². The van der Waals surface area contributed by atoms with Crippen LogP contribution in [-0.4, -0.2) is 33.6 Å². The molecule has 0 radical (unpaired) electrons. The van der Waals surface area contributed by atoms with Gasteiger partial charge in [-0.3, -0.25) is 4.68 Å². The highest BCUT2D eigenvalue weighted by Crippen LogP contribution is 2.24. The number of aryl methyl sites for hydroxylation is 2. The molecule has 1 aromatic heterocycles. The van der Waals surface area contributed by atoms with Gasteiger partial charge in [0.25, 0.3) is 0 Å². The molecule has 96 valence electrons. The molecular formula is C13H23N3O. The minimum atomic E-state index is -0.553. The van der Waals surface area contributed by atoms with Gasteiger partial charge in [0.2, 0.25) is 0 Å². The molecule has 0 spiro atoms. The fourth-order valence-electron chi connectivity index (χ4n) is 2.64. The van der Waals surface area contributed by atoms with E-state index < -0.39 is 5.60 Å². The first-order chi connectivity index (χ1) is 8.13. The molecule has 2 heterocycles. The molecule has 0 aliphatic carbocycles. The van der Waals surface area contributed by atoms with Crippen LogP contribution >= 0.6 is 0 Å². The minimum Gasteiger partial charge on any atom is -0.389 e. The second kappa shape index (κ2) is 5.19. The second-order valence-corrected chi connectivity index (χ2v) is 5.10. The van der Waals surface area contributed by atoms with Gasteiger partial charge >= 0.3 is 0 Å². The molecule has 2 N–H and O–H groups in total. The van der Waals surface area contributed by atoms with E-state index in [1.165, 1.54) is 0 Å². The minimum absolute atomic E-state index is 0.553. The highest BCUT2D eigenvalue weighted by molar-refractivity contribution is 5.12. The van der Waals surface area contributed by atoms with Crippen LogP contribution < -0.4 is 5.32 Å². The maximum absolute atomic E-state index is 10.7. The summed E-state index contributed by atoms with van der Waals surface area (Å²) in [7, 11) is 0. The Bertz CT molecular complexity index is 365. The molecule has 4 heteroatoms. The molecule has 1 aromatic rings. The van der Waals surface area contributed by atoms with Crippen molar-refractivity contribution >= 4 is 0 Å². The molecule has 17 heavy (non-hydrogen) atoms. The lowest BCUT2D eigenvalue weighted by molar-refractivity contribution is 0.0265. The fourth-order valence-corrected chi connectivity index (χ4v) is 2.64. The zero-order valence-corrected chi connectivity index (χ0v) is 10.9. The van der Waals surface area contributed by atoms with Gasteiger partial charge in [-0.1, -0.05) is 0 Å². The Morgan fingerprint density at radius 3 is 3.06 bits per heavy atom. The van der Waals surface area contributed by atoms with Crippen LogP contribution in [0.4, 0.5) is 0 Å². The topological polar surface area (TPSA) is 50.1 Å². The predicted molar refractivity (Wildman–Crippen MR) is 68.0 cm³/mol. The normalized spacial score (nSPS) is 25.8. The molecule has 0 saturated carbocycles. The lowest BCUT2D eigenvalue weighted by atomic mass is 9.89. The summed E-state index contributed by atoms with van der Waals surface area (Å²) >= 11 is 0. The van der Waals surface area contributed by atoms with Crippen molar-refractivity contribution in [1.29, 1.82) is 0 Å². The van der Waals surface area contributed by atoms with E-state index in [1.807, 2.05) is 11.6 Å². The summed E-state index contributed by atoms with van der Waals surface area (Å²) in [5.74, 6) is 0. The van der Waals surface area contributed by atoms with E-state index in [1.54, 1.807) is 0 Å². The van der Waals surface area contributed by atoms with Crippen LogP contribution in [0, 0.1) is 6.92 Å². The Kier molecular flexibility index (Phi) is 3.84. The van der Waals surface area contributed by atoms with Crippen molar-refractivity contribution in [3.8, 4) is 0 Å². The van der Waals surface area contributed by atoms with Crippen LogP contribution in [-0.2, 0) is 13.0 Å². The SMILES string of the molecule is CCn1nc(C)cc1CC1(O)CCCNCC1. The summed E-state index contributed by atoms with van der Waals surface area (Å²) < 4.78 is 2.01. The largest absolute Gasteiger partial charge is 0.389 e. The maximum atomic E-state index is 10.7. The molecule has 1 aliphatic rings. The summed E-state index contributed by atoms with van der Waals surface area (Å²) in [6.07, 6.45) is 3.49. The van der Waals surface area contributed by atoms with E-state index in [0.717, 1.165) is 56.7 Å². The fraction of sp³-hybridized carbons (Fsp3) is 0.769. The van der Waals surface area contributed by atoms with Crippen molar-refractivity contribution in [3.63, 3.8) is 0 Å². The summed E-state index contributed by atoms with van der Waals surface area (Å²) in [6.45, 7) is 6.91. The third-order valence-corrected chi connectivity index (χ3v) is 3.56. The molecule has 1 fully saturated rings. The molecule has 0 amide bonds. The van der Waals surface area contributed by atoms with Gasteiger partial charge in [-0.2, -0.15) is 5.10 Å². The first-order valence-corrected chi connectivity index (χ1v) is 6.59. The predicted octanol–water partition coefficient (Wildman–Crippen LogP) is 1.26. The van der Waals surface area contributed by atoms with Crippen molar-refractivity contribution in [1.82, 2.24) is 15.1 Å². The third kappa shape index (κ3) is 3.07. The second-order valence-electron chi connectivity index (χ2n) is 5.10. The van der Waals surface area contributed by atoms with Gasteiger partial charge in [-0.05, 0) is 52.3 Å². The smallest absolute Gasteiger partial charge is 0.0715 e. The van der Waals surface area contributed by atoms with Crippen molar-refractivity contribution in [2.45, 2.75) is 51.7 Å². The first-order valence-electron chi connectivity index (χ1n) is 6.59. The number of hydrogen-bond donors (Lipinski definition) is 2. The van der Waals surface area contributed by atoms with Crippen molar-refractivity contribution in [2.24, 2.45) is 0 Å². The van der Waals surface area contributed by atoms with Crippen molar-refractivity contribution < 1.29 is 5.11 Å². The van der Waals surface area contributed by atoms with Gasteiger partial charge in [0.1, 0.15) is 0 Å². The van der Waals surface area contributed by atoms with E-state index in [-0.39, 0.29) is 0 Å². The number of aliphatic hydroxyl groups is 1. The van der Waals surface area contributed by atoms with Crippen molar-refractivity contribution in [3.05, 3.63) is 17.5 Å². The first kappa shape index (κ1) is 12.6. The van der Waals surface area contributed by atoms with Crippen LogP contribution in [0.25, 0.3) is 0 Å². The molecule has 1 atom stereocenters. The maximum Gasteiger partial charge on any atom is 0.0715 e. The highest BCUT2D eigenvalue weighted by Gasteiger charge is 2.29. The molecule has 0 aromatic carbocycles.